The van der Waals surface area contributed by atoms with Gasteiger partial charge in [0.1, 0.15) is 5.82 Å². The summed E-state index contributed by atoms with van der Waals surface area (Å²) in [6.45, 7) is 4.21. The highest BCUT2D eigenvalue weighted by Gasteiger charge is 2.29. The Balaban J connectivity index is 0.00000131. The molecule has 1 amide bonds. The topological polar surface area (TPSA) is 61.0 Å². The molecule has 5 nitrogen and oxygen atoms in total. The highest BCUT2D eigenvalue weighted by Crippen LogP contribution is 2.31. The number of benzene rings is 1. The lowest BCUT2D eigenvalue weighted by Crippen LogP contribution is -2.42. The van der Waals surface area contributed by atoms with Crippen LogP contribution in [0, 0.1) is 11.8 Å². The van der Waals surface area contributed by atoms with Gasteiger partial charge in [-0.15, -0.1) is 24.8 Å². The van der Waals surface area contributed by atoms with Gasteiger partial charge in [0.2, 0.25) is 5.91 Å². The number of carbonyl (C=O) groups excluding carboxylic acids is 1. The van der Waals surface area contributed by atoms with Gasteiger partial charge in [-0.2, -0.15) is 0 Å². The van der Waals surface area contributed by atoms with Crippen LogP contribution in [0.25, 0.3) is 11.0 Å². The summed E-state index contributed by atoms with van der Waals surface area (Å²) >= 11 is 0. The van der Waals surface area contributed by atoms with Gasteiger partial charge in [-0.3, -0.25) is 4.79 Å². The van der Waals surface area contributed by atoms with Gasteiger partial charge >= 0.3 is 0 Å². The second-order valence-corrected chi connectivity index (χ2v) is 7.51. The Morgan fingerprint density at radius 2 is 1.70 bits per heavy atom. The third-order valence-electron chi connectivity index (χ3n) is 5.96. The van der Waals surface area contributed by atoms with Gasteiger partial charge in [0.15, 0.2) is 0 Å². The number of nitrogens with one attached hydrogen (secondary N) is 2. The van der Waals surface area contributed by atoms with Gasteiger partial charge in [0.05, 0.1) is 11.0 Å². The van der Waals surface area contributed by atoms with Crippen molar-refractivity contribution in [1.82, 2.24) is 20.2 Å². The van der Waals surface area contributed by atoms with E-state index in [0.29, 0.717) is 12.8 Å². The van der Waals surface area contributed by atoms with E-state index in [0.717, 1.165) is 41.8 Å². The Hall–Kier alpha value is -1.30. The van der Waals surface area contributed by atoms with Gasteiger partial charge in [-0.05, 0) is 62.7 Å². The lowest BCUT2D eigenvalue weighted by Gasteiger charge is -2.37. The van der Waals surface area contributed by atoms with Crippen LogP contribution in [-0.4, -0.2) is 47.0 Å². The van der Waals surface area contributed by atoms with Crippen LogP contribution >= 0.6 is 24.8 Å². The van der Waals surface area contributed by atoms with E-state index in [-0.39, 0.29) is 30.7 Å². The van der Waals surface area contributed by atoms with Crippen molar-refractivity contribution in [3.8, 4) is 0 Å². The van der Waals surface area contributed by atoms with Crippen molar-refractivity contribution in [2.75, 3.05) is 26.2 Å². The van der Waals surface area contributed by atoms with Gasteiger partial charge in [0, 0.05) is 25.9 Å². The van der Waals surface area contributed by atoms with Crippen molar-refractivity contribution < 1.29 is 4.79 Å². The van der Waals surface area contributed by atoms with E-state index >= 15 is 0 Å². The summed E-state index contributed by atoms with van der Waals surface area (Å²) in [5.74, 6) is 2.89. The summed E-state index contributed by atoms with van der Waals surface area (Å²) in [6.07, 6.45) is 6.23. The minimum absolute atomic E-state index is 0. The Labute approximate surface area is 173 Å². The average molecular weight is 413 g/mol. The van der Waals surface area contributed by atoms with Gasteiger partial charge in [-0.25, -0.2) is 4.98 Å². The van der Waals surface area contributed by atoms with E-state index < -0.39 is 0 Å². The smallest absolute Gasteiger partial charge is 0.223 e. The Kier molecular flexibility index (Phi) is 8.39. The molecule has 2 N–H and O–H groups in total. The van der Waals surface area contributed by atoms with E-state index in [1.807, 2.05) is 24.3 Å². The normalized spacial score (nSPS) is 18.7. The molecule has 7 heteroatoms. The van der Waals surface area contributed by atoms with Crippen molar-refractivity contribution in [2.45, 2.75) is 38.5 Å². The molecule has 0 atom stereocenters. The Bertz CT molecular complexity index is 689. The highest BCUT2D eigenvalue weighted by atomic mass is 35.5. The summed E-state index contributed by atoms with van der Waals surface area (Å²) < 4.78 is 0. The molecule has 2 saturated heterocycles. The maximum absolute atomic E-state index is 12.5. The molecule has 0 radical (unpaired) electrons. The van der Waals surface area contributed by atoms with Crippen molar-refractivity contribution in [2.24, 2.45) is 11.8 Å². The molecule has 0 aliphatic carbocycles. The summed E-state index contributed by atoms with van der Waals surface area (Å²) in [5.41, 5.74) is 2.03. The van der Waals surface area contributed by atoms with Crippen molar-refractivity contribution in [3.05, 3.63) is 30.1 Å². The molecule has 2 fully saturated rings. The first-order valence-corrected chi connectivity index (χ1v) is 9.72. The van der Waals surface area contributed by atoms with Crippen LogP contribution in [0.3, 0.4) is 0 Å². The standard InChI is InChI=1S/C20H28N4O.2ClH/c25-20(6-5-19-22-17-3-1-2-4-18(17)23-19)24-13-9-16(10-14-24)15-7-11-21-12-8-15;;/h1-4,15-16,21H,5-14H2,(H,22,23);2*1H. The fourth-order valence-electron chi connectivity index (χ4n) is 4.44. The fourth-order valence-corrected chi connectivity index (χ4v) is 4.44. The van der Waals surface area contributed by atoms with Gasteiger partial charge in [0.25, 0.3) is 0 Å². The quantitative estimate of drug-likeness (QED) is 0.806. The average Bonchev–Trinajstić information content (AvgIpc) is 3.10. The number of amides is 1. The lowest BCUT2D eigenvalue weighted by atomic mass is 9.79. The fraction of sp³-hybridized carbons (Fsp3) is 0.600. The van der Waals surface area contributed by atoms with E-state index in [9.17, 15) is 4.79 Å². The molecule has 0 unspecified atom stereocenters. The molecule has 2 aliphatic rings. The van der Waals surface area contributed by atoms with Crippen molar-refractivity contribution in [3.63, 3.8) is 0 Å². The third kappa shape index (κ3) is 5.37. The molecule has 1 aromatic carbocycles. The number of H-pyrrole nitrogens is 1. The first-order valence-electron chi connectivity index (χ1n) is 9.72. The minimum atomic E-state index is 0. The second kappa shape index (κ2) is 10.3. The van der Waals surface area contributed by atoms with Crippen LogP contribution in [0.5, 0.6) is 0 Å². The molecule has 0 spiro atoms. The Morgan fingerprint density at radius 3 is 2.41 bits per heavy atom. The van der Waals surface area contributed by atoms with Crippen LogP contribution < -0.4 is 5.32 Å². The highest BCUT2D eigenvalue weighted by molar-refractivity contribution is 5.85. The van der Waals surface area contributed by atoms with Crippen LogP contribution in [-0.2, 0) is 11.2 Å². The maximum atomic E-state index is 12.5. The number of nitrogens with zero attached hydrogens (tertiary/aromatic N) is 2. The van der Waals surface area contributed by atoms with E-state index in [2.05, 4.69) is 20.2 Å². The third-order valence-corrected chi connectivity index (χ3v) is 5.96. The minimum Gasteiger partial charge on any atom is -0.343 e. The number of halogens is 2. The van der Waals surface area contributed by atoms with Gasteiger partial charge in [-0.1, -0.05) is 12.1 Å². The van der Waals surface area contributed by atoms with Crippen LogP contribution in [0.1, 0.15) is 37.9 Å². The van der Waals surface area contributed by atoms with Crippen LogP contribution in [0.4, 0.5) is 0 Å². The molecule has 2 aliphatic heterocycles. The molecule has 2 aromatic rings. The second-order valence-electron chi connectivity index (χ2n) is 7.51. The van der Waals surface area contributed by atoms with Crippen molar-refractivity contribution in [1.29, 1.82) is 0 Å². The largest absolute Gasteiger partial charge is 0.343 e. The van der Waals surface area contributed by atoms with E-state index in [1.54, 1.807) is 0 Å². The zero-order valence-electron chi connectivity index (χ0n) is 15.7. The van der Waals surface area contributed by atoms with E-state index in [1.165, 1.54) is 38.8 Å². The molecular formula is C20H30Cl2N4O. The maximum Gasteiger partial charge on any atom is 0.223 e. The number of likely N-dealkylation sites (tertiary alicyclic amines) is 1. The van der Waals surface area contributed by atoms with Crippen LogP contribution in [0.2, 0.25) is 0 Å². The number of rotatable bonds is 4. The zero-order chi connectivity index (χ0) is 17.1. The number of hydrogen-bond donors (Lipinski definition) is 2. The number of carbonyl (C=O) groups is 1. The number of hydrogen-bond acceptors (Lipinski definition) is 3. The Morgan fingerprint density at radius 1 is 1.04 bits per heavy atom. The number of fused-ring (bicyclic) bond motifs is 1. The first-order chi connectivity index (χ1) is 12.3. The molecule has 4 rings (SSSR count). The lowest BCUT2D eigenvalue weighted by molar-refractivity contribution is -0.132. The van der Waals surface area contributed by atoms with Gasteiger partial charge < -0.3 is 15.2 Å². The predicted octanol–water partition coefficient (Wildman–Crippen LogP) is 3.58. The predicted molar refractivity (Wildman–Crippen MR) is 114 cm³/mol. The first kappa shape index (κ1) is 22.0. The molecule has 27 heavy (non-hydrogen) atoms. The molecule has 0 bridgehead atoms. The number of para-hydroxylation sites is 2. The number of aromatic amines is 1. The number of aryl methyl sites for hydroxylation is 1. The summed E-state index contributed by atoms with van der Waals surface area (Å²) in [6, 6.07) is 8.02. The molecule has 0 saturated carbocycles. The van der Waals surface area contributed by atoms with Crippen molar-refractivity contribution >= 4 is 41.8 Å². The monoisotopic (exact) mass is 412 g/mol. The number of imidazole rings is 1. The van der Waals surface area contributed by atoms with Crippen LogP contribution in [0.15, 0.2) is 24.3 Å². The molecular weight excluding hydrogens is 383 g/mol. The zero-order valence-corrected chi connectivity index (χ0v) is 17.3. The summed E-state index contributed by atoms with van der Waals surface area (Å²) in [7, 11) is 0. The van der Waals surface area contributed by atoms with E-state index in [4.69, 9.17) is 0 Å². The summed E-state index contributed by atoms with van der Waals surface area (Å²) in [5, 5.41) is 3.45. The summed E-state index contributed by atoms with van der Waals surface area (Å²) in [4.78, 5) is 22.5. The SMILES string of the molecule is Cl.Cl.O=C(CCc1nc2ccccc2[nH]1)N1CCC(C2CCNCC2)CC1. The molecule has 3 heterocycles. The number of piperidine rings is 2. The molecule has 1 aromatic heterocycles. The number of aromatic nitrogens is 2. The molecule has 150 valence electrons.